The molecule has 0 heterocycles. The number of halogens is 2. The predicted molar refractivity (Wildman–Crippen MR) is 70.7 cm³/mol. The van der Waals surface area contributed by atoms with Crippen molar-refractivity contribution >= 4 is 11.9 Å². The number of aliphatic carboxylic acids is 1. The maximum atomic E-state index is 13.0. The van der Waals surface area contributed by atoms with Crippen LogP contribution >= 0.6 is 0 Å². The van der Waals surface area contributed by atoms with E-state index in [1.165, 1.54) is 13.2 Å². The van der Waals surface area contributed by atoms with Crippen molar-refractivity contribution in [1.29, 1.82) is 0 Å². The van der Waals surface area contributed by atoms with Crippen LogP contribution in [0, 0.1) is 11.6 Å². The summed E-state index contributed by atoms with van der Waals surface area (Å²) in [6.45, 7) is 0.392. The van der Waals surface area contributed by atoms with Crippen molar-refractivity contribution in [2.75, 3.05) is 13.7 Å². The van der Waals surface area contributed by atoms with Crippen molar-refractivity contribution in [2.24, 2.45) is 0 Å². The average Bonchev–Trinajstić information content (AvgIpc) is 2.42. The molecule has 1 aromatic carbocycles. The van der Waals surface area contributed by atoms with Crippen LogP contribution in [-0.4, -0.2) is 36.7 Å². The lowest BCUT2D eigenvalue weighted by Gasteiger charge is -2.14. The summed E-state index contributed by atoms with van der Waals surface area (Å²) in [7, 11) is 1.50. The van der Waals surface area contributed by atoms with Crippen molar-refractivity contribution in [3.63, 3.8) is 0 Å². The fourth-order valence-corrected chi connectivity index (χ4v) is 1.77. The number of hydrogen-bond donors (Lipinski definition) is 2. The Kier molecular flexibility index (Phi) is 6.74. The molecule has 0 aliphatic rings. The van der Waals surface area contributed by atoms with Crippen LogP contribution in [0.2, 0.25) is 0 Å². The summed E-state index contributed by atoms with van der Waals surface area (Å²) >= 11 is 0. The van der Waals surface area contributed by atoms with Gasteiger partial charge < -0.3 is 15.2 Å². The summed E-state index contributed by atoms with van der Waals surface area (Å²) in [6, 6.07) is 2.08. The molecule has 0 spiro atoms. The van der Waals surface area contributed by atoms with Gasteiger partial charge in [0.25, 0.3) is 0 Å². The second-order valence-corrected chi connectivity index (χ2v) is 4.52. The molecule has 1 atom stereocenters. The minimum Gasteiger partial charge on any atom is -0.480 e. The van der Waals surface area contributed by atoms with Gasteiger partial charge in [0, 0.05) is 13.7 Å². The van der Waals surface area contributed by atoms with E-state index in [0.717, 1.165) is 12.1 Å². The number of ether oxygens (including phenoxy) is 1. The molecule has 0 radical (unpaired) electrons. The molecule has 116 valence electrons. The van der Waals surface area contributed by atoms with Gasteiger partial charge in [-0.25, -0.2) is 13.6 Å². The maximum Gasteiger partial charge on any atom is 0.326 e. The minimum atomic E-state index is -1.15. The largest absolute Gasteiger partial charge is 0.480 e. The lowest BCUT2D eigenvalue weighted by atomic mass is 10.1. The molecule has 0 aliphatic heterocycles. The van der Waals surface area contributed by atoms with E-state index >= 15 is 0 Å². The van der Waals surface area contributed by atoms with Crippen LogP contribution in [0.5, 0.6) is 0 Å². The fourth-order valence-electron chi connectivity index (χ4n) is 1.77. The van der Waals surface area contributed by atoms with Gasteiger partial charge in [-0.15, -0.1) is 0 Å². The van der Waals surface area contributed by atoms with Gasteiger partial charge in [0.05, 0.1) is 6.42 Å². The number of benzene rings is 1. The molecule has 1 rings (SSSR count). The molecule has 0 aromatic heterocycles. The Bertz CT molecular complexity index is 508. The van der Waals surface area contributed by atoms with Crippen LogP contribution in [0.4, 0.5) is 8.78 Å². The molecule has 0 saturated heterocycles. The van der Waals surface area contributed by atoms with Crippen molar-refractivity contribution in [3.05, 3.63) is 35.4 Å². The summed E-state index contributed by atoms with van der Waals surface area (Å²) in [5.41, 5.74) is 0.271. The molecule has 5 nitrogen and oxygen atoms in total. The molecule has 0 fully saturated rings. The molecule has 0 bridgehead atoms. The number of carbonyl (C=O) groups is 2. The highest BCUT2D eigenvalue weighted by Crippen LogP contribution is 2.09. The van der Waals surface area contributed by atoms with Gasteiger partial charge in [-0.3, -0.25) is 4.79 Å². The number of carboxylic acids is 1. The molecule has 1 unspecified atom stereocenters. The van der Waals surface area contributed by atoms with E-state index in [4.69, 9.17) is 9.84 Å². The van der Waals surface area contributed by atoms with Gasteiger partial charge in [-0.05, 0) is 30.5 Å². The number of amides is 1. The molecule has 21 heavy (non-hydrogen) atoms. The monoisotopic (exact) mass is 301 g/mol. The van der Waals surface area contributed by atoms with Gasteiger partial charge in [-0.2, -0.15) is 0 Å². The first kappa shape index (κ1) is 17.0. The number of rotatable bonds is 8. The zero-order valence-electron chi connectivity index (χ0n) is 11.6. The van der Waals surface area contributed by atoms with Crippen LogP contribution < -0.4 is 5.32 Å². The van der Waals surface area contributed by atoms with E-state index in [-0.39, 0.29) is 18.4 Å². The van der Waals surface area contributed by atoms with Crippen LogP contribution in [0.25, 0.3) is 0 Å². The second-order valence-electron chi connectivity index (χ2n) is 4.52. The third-order valence-corrected chi connectivity index (χ3v) is 2.82. The minimum absolute atomic E-state index is 0.217. The predicted octanol–water partition coefficient (Wildman–Crippen LogP) is 1.50. The summed E-state index contributed by atoms with van der Waals surface area (Å²) in [6.07, 6.45) is 0.497. The summed E-state index contributed by atoms with van der Waals surface area (Å²) < 4.78 is 30.6. The zero-order chi connectivity index (χ0) is 15.8. The van der Waals surface area contributed by atoms with Crippen molar-refractivity contribution in [2.45, 2.75) is 25.3 Å². The number of carboxylic acid groups (broad SMARTS) is 1. The summed E-state index contributed by atoms with van der Waals surface area (Å²) in [5, 5.41) is 11.4. The van der Waals surface area contributed by atoms with E-state index < -0.39 is 29.6 Å². The molecule has 2 N–H and O–H groups in total. The van der Waals surface area contributed by atoms with E-state index in [1.54, 1.807) is 0 Å². The Balaban J connectivity index is 2.56. The van der Waals surface area contributed by atoms with Crippen LogP contribution in [0.1, 0.15) is 18.4 Å². The molecular weight excluding hydrogens is 284 g/mol. The quantitative estimate of drug-likeness (QED) is 0.714. The fraction of sp³-hybridized carbons (Fsp3) is 0.429. The summed E-state index contributed by atoms with van der Waals surface area (Å²) in [4.78, 5) is 22.7. The van der Waals surface area contributed by atoms with Crippen LogP contribution in [0.15, 0.2) is 18.2 Å². The Labute approximate surface area is 120 Å². The second kappa shape index (κ2) is 8.31. The molecular formula is C14H17F2NO4. The van der Waals surface area contributed by atoms with Crippen molar-refractivity contribution < 1.29 is 28.2 Å². The number of carbonyl (C=O) groups excluding carboxylic acids is 1. The van der Waals surface area contributed by atoms with Crippen LogP contribution in [-0.2, 0) is 20.7 Å². The van der Waals surface area contributed by atoms with Crippen molar-refractivity contribution in [3.8, 4) is 0 Å². The van der Waals surface area contributed by atoms with E-state index in [1.807, 2.05) is 0 Å². The summed E-state index contributed by atoms with van der Waals surface area (Å²) in [5.74, 6) is -3.76. The number of methoxy groups -OCH3 is 1. The van der Waals surface area contributed by atoms with E-state index in [2.05, 4.69) is 5.32 Å². The highest BCUT2D eigenvalue weighted by molar-refractivity contribution is 5.84. The van der Waals surface area contributed by atoms with Gasteiger partial charge >= 0.3 is 5.97 Å². The SMILES string of the molecule is COCCCC(NC(=O)Cc1ccc(F)c(F)c1)C(=O)O. The first-order valence-electron chi connectivity index (χ1n) is 6.39. The number of nitrogens with one attached hydrogen (secondary N) is 1. The van der Waals surface area contributed by atoms with Gasteiger partial charge in [-0.1, -0.05) is 6.07 Å². The van der Waals surface area contributed by atoms with Gasteiger partial charge in [0.15, 0.2) is 11.6 Å². The third-order valence-electron chi connectivity index (χ3n) is 2.82. The Morgan fingerprint density at radius 1 is 1.33 bits per heavy atom. The van der Waals surface area contributed by atoms with Gasteiger partial charge in [0.1, 0.15) is 6.04 Å². The Morgan fingerprint density at radius 3 is 2.62 bits per heavy atom. The molecule has 0 saturated carbocycles. The van der Waals surface area contributed by atoms with Crippen molar-refractivity contribution in [1.82, 2.24) is 5.32 Å². The third kappa shape index (κ3) is 5.86. The van der Waals surface area contributed by atoms with E-state index in [0.29, 0.717) is 13.0 Å². The molecule has 1 amide bonds. The van der Waals surface area contributed by atoms with Gasteiger partial charge in [0.2, 0.25) is 5.91 Å². The smallest absolute Gasteiger partial charge is 0.326 e. The topological polar surface area (TPSA) is 75.6 Å². The standard InChI is InChI=1S/C14H17F2NO4/c1-21-6-2-3-12(14(19)20)17-13(18)8-9-4-5-10(15)11(16)7-9/h4-5,7,12H,2-3,6,8H2,1H3,(H,17,18)(H,19,20). The lowest BCUT2D eigenvalue weighted by molar-refractivity contribution is -0.142. The molecule has 1 aromatic rings. The van der Waals surface area contributed by atoms with Crippen LogP contribution in [0.3, 0.4) is 0 Å². The zero-order valence-corrected chi connectivity index (χ0v) is 11.6. The normalized spacial score (nSPS) is 12.0. The maximum absolute atomic E-state index is 13.0. The highest BCUT2D eigenvalue weighted by atomic mass is 19.2. The molecule has 7 heteroatoms. The average molecular weight is 301 g/mol. The Morgan fingerprint density at radius 2 is 2.05 bits per heavy atom. The number of hydrogen-bond acceptors (Lipinski definition) is 3. The molecule has 0 aliphatic carbocycles. The lowest BCUT2D eigenvalue weighted by Crippen LogP contribution is -2.41. The van der Waals surface area contributed by atoms with E-state index in [9.17, 15) is 18.4 Å². The first-order valence-corrected chi connectivity index (χ1v) is 6.39. The Hall–Kier alpha value is -2.02. The highest BCUT2D eigenvalue weighted by Gasteiger charge is 2.19. The first-order chi connectivity index (χ1) is 9.93.